The predicted molar refractivity (Wildman–Crippen MR) is 122 cm³/mol. The third-order valence-corrected chi connectivity index (χ3v) is 6.44. The topological polar surface area (TPSA) is 87.8 Å². The van der Waals surface area contributed by atoms with Gasteiger partial charge in [0.2, 0.25) is 0 Å². The molecule has 3 aromatic rings. The number of likely N-dealkylation sites (tertiary alicyclic amines) is 1. The molecule has 1 unspecified atom stereocenters. The van der Waals surface area contributed by atoms with Crippen LogP contribution < -0.4 is 5.32 Å². The van der Waals surface area contributed by atoms with Crippen molar-refractivity contribution in [2.24, 2.45) is 5.18 Å². The second-order valence-electron chi connectivity index (χ2n) is 8.47. The number of rotatable bonds is 7. The molecule has 5 rings (SSSR count). The molecule has 1 fully saturated rings. The van der Waals surface area contributed by atoms with E-state index in [1.165, 1.54) is 12.8 Å². The molecule has 0 saturated carbocycles. The van der Waals surface area contributed by atoms with Gasteiger partial charge in [-0.1, -0.05) is 23.4 Å². The Morgan fingerprint density at radius 2 is 1.94 bits per heavy atom. The summed E-state index contributed by atoms with van der Waals surface area (Å²) in [5.41, 5.74) is 4.80. The summed E-state index contributed by atoms with van der Waals surface area (Å²) in [6.07, 6.45) is 7.45. The van der Waals surface area contributed by atoms with E-state index in [1.807, 2.05) is 30.3 Å². The van der Waals surface area contributed by atoms with Crippen LogP contribution in [0.1, 0.15) is 47.0 Å². The van der Waals surface area contributed by atoms with Crippen LogP contribution >= 0.6 is 0 Å². The molecular weight excluding hydrogens is 404 g/mol. The Labute approximate surface area is 186 Å². The first-order valence-corrected chi connectivity index (χ1v) is 11.2. The number of carbonyl (C=O) groups is 1. The smallest absolute Gasteiger partial charge is 0.287 e. The molecule has 0 radical (unpaired) electrons. The SMILES string of the molecule is O=NC1CCc2cc(-c3cc(C(=O)NCCN4CCCC4)oc3-c3ccncc3)ccc21. The van der Waals surface area contributed by atoms with Gasteiger partial charge in [-0.25, -0.2) is 0 Å². The third-order valence-electron chi connectivity index (χ3n) is 6.44. The summed E-state index contributed by atoms with van der Waals surface area (Å²) in [4.78, 5) is 30.4. The first kappa shape index (κ1) is 20.6. The molecule has 7 nitrogen and oxygen atoms in total. The van der Waals surface area contributed by atoms with Crippen LogP contribution in [0.3, 0.4) is 0 Å². The predicted octanol–water partition coefficient (Wildman–Crippen LogP) is 4.59. The number of amides is 1. The van der Waals surface area contributed by atoms with E-state index in [4.69, 9.17) is 4.42 Å². The number of nitrogens with zero attached hydrogens (tertiary/aromatic N) is 3. The number of fused-ring (bicyclic) bond motifs is 1. The van der Waals surface area contributed by atoms with Gasteiger partial charge in [0, 0.05) is 36.6 Å². The minimum absolute atomic E-state index is 0.211. The van der Waals surface area contributed by atoms with E-state index in [9.17, 15) is 9.70 Å². The molecular formula is C25H26N4O3. The first-order chi connectivity index (χ1) is 15.7. The fraction of sp³-hybridized carbons (Fsp3) is 0.360. The average molecular weight is 431 g/mol. The number of furan rings is 1. The van der Waals surface area contributed by atoms with Crippen molar-refractivity contribution >= 4 is 5.91 Å². The van der Waals surface area contributed by atoms with Gasteiger partial charge in [-0.3, -0.25) is 9.78 Å². The van der Waals surface area contributed by atoms with Gasteiger partial charge in [0.25, 0.3) is 5.91 Å². The molecule has 0 bridgehead atoms. The number of hydrogen-bond acceptors (Lipinski definition) is 6. The van der Waals surface area contributed by atoms with E-state index in [-0.39, 0.29) is 11.9 Å². The third kappa shape index (κ3) is 4.08. The number of nitroso groups, excluding NO2 is 1. The lowest BCUT2D eigenvalue weighted by molar-refractivity contribution is 0.0923. The number of pyridine rings is 1. The second-order valence-corrected chi connectivity index (χ2v) is 8.47. The molecule has 0 spiro atoms. The molecule has 1 N–H and O–H groups in total. The molecule has 2 aliphatic rings. The molecule has 3 heterocycles. The van der Waals surface area contributed by atoms with Gasteiger partial charge in [-0.05, 0) is 73.7 Å². The highest BCUT2D eigenvalue weighted by molar-refractivity contribution is 5.95. The summed E-state index contributed by atoms with van der Waals surface area (Å²) in [7, 11) is 0. The fourth-order valence-corrected chi connectivity index (χ4v) is 4.73. The Morgan fingerprint density at radius 1 is 1.12 bits per heavy atom. The second kappa shape index (κ2) is 9.04. The Morgan fingerprint density at radius 3 is 2.72 bits per heavy atom. The highest BCUT2D eigenvalue weighted by atomic mass is 16.4. The van der Waals surface area contributed by atoms with Crippen LogP contribution in [0.2, 0.25) is 0 Å². The first-order valence-electron chi connectivity index (χ1n) is 11.2. The molecule has 1 aliphatic heterocycles. The fourth-order valence-electron chi connectivity index (χ4n) is 4.73. The number of aromatic nitrogens is 1. The monoisotopic (exact) mass is 430 g/mol. The Kier molecular flexibility index (Phi) is 5.81. The van der Waals surface area contributed by atoms with Crippen LogP contribution in [-0.2, 0) is 6.42 Å². The lowest BCUT2D eigenvalue weighted by atomic mass is 9.98. The summed E-state index contributed by atoms with van der Waals surface area (Å²) in [5, 5.41) is 6.24. The molecule has 1 saturated heterocycles. The van der Waals surface area contributed by atoms with Gasteiger partial charge in [0.05, 0.1) is 0 Å². The minimum atomic E-state index is -0.264. The van der Waals surface area contributed by atoms with Crippen LogP contribution in [0, 0.1) is 4.91 Å². The average Bonchev–Trinajstić information content (AvgIpc) is 3.58. The zero-order chi connectivity index (χ0) is 21.9. The van der Waals surface area contributed by atoms with Crippen LogP contribution in [-0.4, -0.2) is 42.0 Å². The van der Waals surface area contributed by atoms with Crippen molar-refractivity contribution < 1.29 is 9.21 Å². The molecule has 1 aromatic carbocycles. The normalized spacial score (nSPS) is 17.9. The van der Waals surface area contributed by atoms with Crippen molar-refractivity contribution in [2.45, 2.75) is 31.7 Å². The summed E-state index contributed by atoms with van der Waals surface area (Å²) >= 11 is 0. The van der Waals surface area contributed by atoms with E-state index in [1.54, 1.807) is 12.4 Å². The van der Waals surface area contributed by atoms with Crippen molar-refractivity contribution in [2.75, 3.05) is 26.2 Å². The minimum Gasteiger partial charge on any atom is -0.450 e. The van der Waals surface area contributed by atoms with E-state index >= 15 is 0 Å². The summed E-state index contributed by atoms with van der Waals surface area (Å²) in [5.74, 6) is 0.721. The van der Waals surface area contributed by atoms with E-state index in [0.29, 0.717) is 18.1 Å². The maximum atomic E-state index is 12.8. The molecule has 1 atom stereocenters. The van der Waals surface area contributed by atoms with Gasteiger partial charge in [0.15, 0.2) is 5.76 Å². The highest BCUT2D eigenvalue weighted by Gasteiger charge is 2.25. The summed E-state index contributed by atoms with van der Waals surface area (Å²) < 4.78 is 6.08. The molecule has 2 aromatic heterocycles. The maximum Gasteiger partial charge on any atom is 0.287 e. The van der Waals surface area contributed by atoms with E-state index in [0.717, 1.165) is 60.3 Å². The van der Waals surface area contributed by atoms with Gasteiger partial charge in [-0.2, -0.15) is 4.91 Å². The zero-order valence-corrected chi connectivity index (χ0v) is 17.9. The lowest BCUT2D eigenvalue weighted by Gasteiger charge is -2.14. The van der Waals surface area contributed by atoms with Crippen LogP contribution in [0.4, 0.5) is 0 Å². The number of carbonyl (C=O) groups excluding carboxylic acids is 1. The Balaban J connectivity index is 1.43. The standard InChI is InChI=1S/C25H26N4O3/c30-25(27-11-14-29-12-1-2-13-29)23-16-21(24(32-23)17-7-9-26-10-8-17)19-3-5-20-18(15-19)4-6-22(20)28-31/h3,5,7-10,15-16,22H,1-2,4,6,11-14H2,(H,27,30). The molecule has 1 aliphatic carbocycles. The Hall–Kier alpha value is -3.32. The van der Waals surface area contributed by atoms with Crippen LogP contribution in [0.25, 0.3) is 22.5 Å². The van der Waals surface area contributed by atoms with E-state index in [2.05, 4.69) is 26.4 Å². The largest absolute Gasteiger partial charge is 0.450 e. The Bertz CT molecular complexity index is 1120. The van der Waals surface area contributed by atoms with Crippen LogP contribution in [0.15, 0.2) is 58.4 Å². The van der Waals surface area contributed by atoms with Gasteiger partial charge >= 0.3 is 0 Å². The van der Waals surface area contributed by atoms with Gasteiger partial charge in [0.1, 0.15) is 11.8 Å². The molecule has 1 amide bonds. The lowest BCUT2D eigenvalue weighted by Crippen LogP contribution is -2.33. The summed E-state index contributed by atoms with van der Waals surface area (Å²) in [6.45, 7) is 3.66. The number of aryl methyl sites for hydroxylation is 1. The highest BCUT2D eigenvalue weighted by Crippen LogP contribution is 2.40. The molecule has 164 valence electrons. The van der Waals surface area contributed by atoms with Gasteiger partial charge in [-0.15, -0.1) is 0 Å². The van der Waals surface area contributed by atoms with Crippen molar-refractivity contribution in [3.05, 3.63) is 70.6 Å². The number of benzene rings is 1. The van der Waals surface area contributed by atoms with Crippen molar-refractivity contribution in [3.63, 3.8) is 0 Å². The zero-order valence-electron chi connectivity index (χ0n) is 17.9. The number of nitrogens with one attached hydrogen (secondary N) is 1. The van der Waals surface area contributed by atoms with Crippen molar-refractivity contribution in [3.8, 4) is 22.5 Å². The molecule has 32 heavy (non-hydrogen) atoms. The maximum absolute atomic E-state index is 12.8. The number of hydrogen-bond donors (Lipinski definition) is 1. The van der Waals surface area contributed by atoms with Crippen LogP contribution in [0.5, 0.6) is 0 Å². The van der Waals surface area contributed by atoms with E-state index < -0.39 is 0 Å². The molecule has 7 heteroatoms. The quantitative estimate of drug-likeness (QED) is 0.554. The van der Waals surface area contributed by atoms with Gasteiger partial charge < -0.3 is 14.6 Å². The van der Waals surface area contributed by atoms with Crippen molar-refractivity contribution in [1.82, 2.24) is 15.2 Å². The summed E-state index contributed by atoms with van der Waals surface area (Å²) in [6, 6.07) is 11.3. The van der Waals surface area contributed by atoms with Crippen molar-refractivity contribution in [1.29, 1.82) is 0 Å².